The third kappa shape index (κ3) is 12.4. The number of hydrogen-bond acceptors (Lipinski definition) is 10. The molecule has 0 saturated carbocycles. The van der Waals surface area contributed by atoms with Gasteiger partial charge in [0.25, 0.3) is 10.0 Å². The first-order valence-corrected chi connectivity index (χ1v) is 20.1. The van der Waals surface area contributed by atoms with Crippen LogP contribution in [0.25, 0.3) is 0 Å². The summed E-state index contributed by atoms with van der Waals surface area (Å²) in [5.41, 5.74) is 9.20. The summed E-state index contributed by atoms with van der Waals surface area (Å²) in [6.45, 7) is 18.2. The lowest BCUT2D eigenvalue weighted by Gasteiger charge is -2.35. The van der Waals surface area contributed by atoms with Gasteiger partial charge in [-0.3, -0.25) is 19.4 Å². The summed E-state index contributed by atoms with van der Waals surface area (Å²) in [7, 11) is -2.94. The van der Waals surface area contributed by atoms with Crippen LogP contribution in [0.3, 0.4) is 0 Å². The van der Waals surface area contributed by atoms with Crippen molar-refractivity contribution >= 4 is 39.5 Å². The molecule has 5 N–H and O–H groups in total. The first kappa shape index (κ1) is 45.2. The fourth-order valence-corrected chi connectivity index (χ4v) is 8.16. The van der Waals surface area contributed by atoms with Crippen LogP contribution in [-0.2, 0) is 46.8 Å². The third-order valence-electron chi connectivity index (χ3n) is 9.69. The van der Waals surface area contributed by atoms with Gasteiger partial charge in [0.05, 0.1) is 18.0 Å². The van der Waals surface area contributed by atoms with E-state index in [4.69, 9.17) is 19.9 Å². The predicted molar refractivity (Wildman–Crippen MR) is 215 cm³/mol. The number of amides is 2. The minimum absolute atomic E-state index is 0.0128. The van der Waals surface area contributed by atoms with Crippen molar-refractivity contribution in [3.05, 3.63) is 77.4 Å². The lowest BCUT2D eigenvalue weighted by Crippen LogP contribution is -2.46. The van der Waals surface area contributed by atoms with Crippen molar-refractivity contribution in [1.29, 1.82) is 0 Å². The van der Waals surface area contributed by atoms with E-state index in [1.807, 2.05) is 20.8 Å². The van der Waals surface area contributed by atoms with Gasteiger partial charge in [0.1, 0.15) is 29.7 Å². The fraction of sp³-hybridized carbons (Fsp3) is 0.488. The molecule has 306 valence electrons. The van der Waals surface area contributed by atoms with Crippen LogP contribution in [0.1, 0.15) is 80.7 Å². The minimum atomic E-state index is -4.14. The first-order valence-electron chi connectivity index (χ1n) is 18.6. The molecule has 2 aromatic rings. The highest BCUT2D eigenvalue weighted by Crippen LogP contribution is 2.42. The molecule has 0 aromatic heterocycles. The van der Waals surface area contributed by atoms with Crippen LogP contribution in [-0.4, -0.2) is 75.9 Å². The Morgan fingerprint density at radius 3 is 2.30 bits per heavy atom. The number of Topliss-reactive ketones (excluding diaryl/α,β-unsaturated/α-hetero) is 1. The molecule has 3 atom stereocenters. The quantitative estimate of drug-likeness (QED) is 0.0494. The molecule has 56 heavy (non-hydrogen) atoms. The van der Waals surface area contributed by atoms with Gasteiger partial charge in [-0.1, -0.05) is 30.9 Å². The monoisotopic (exact) mass is 795 g/mol. The molecular weight excluding hydrogens is 739 g/mol. The number of rotatable bonds is 20. The second kappa shape index (κ2) is 20.1. The molecule has 14 nitrogen and oxygen atoms in total. The van der Waals surface area contributed by atoms with Crippen LogP contribution in [0.4, 0.5) is 0 Å². The summed E-state index contributed by atoms with van der Waals surface area (Å²) in [6, 6.07) is 5.07. The van der Waals surface area contributed by atoms with Crippen molar-refractivity contribution in [3.8, 4) is 11.5 Å². The van der Waals surface area contributed by atoms with Crippen molar-refractivity contribution in [2.75, 3.05) is 20.3 Å². The van der Waals surface area contributed by atoms with Crippen molar-refractivity contribution in [1.82, 2.24) is 15.4 Å². The van der Waals surface area contributed by atoms with E-state index < -0.39 is 51.6 Å². The first-order chi connectivity index (χ1) is 26.3. The standard InChI is InChI=1S/C41H57N5O9S/c1-10-13-33(39(50)53-9)45-38(49)30(24-35(48)34(44-28(6)47)23-29-15-17-31(18-16-29)54-22-11-2)14-12-21-43-40(42)46-56(51,52)37-26(4)25(3)36-32(27(37)5)19-20-41(7,8)55-36/h10-11,15-18,30,33-34H,1-2,12-14,19-24H2,3-9H3,(H,44,47)(H,45,49)(H3,42,43,46)/t30-,33-,34-/m0/s1. The number of nitrogens with zero attached hydrogens (tertiary/aromatic N) is 1. The number of ketones is 1. The van der Waals surface area contributed by atoms with E-state index in [1.165, 1.54) is 20.1 Å². The SMILES string of the molecule is C=CCOc1ccc(C[C@H](NC(C)=O)C(=O)C[C@H](CCCN=C(N)NS(=O)(=O)c2c(C)c(C)c3c(c2C)CCC(C)(C)O3)C(=O)N[C@@H](CC=C)C(=O)OC)cc1. The number of carbonyl (C=O) groups excluding carboxylic acids is 4. The zero-order valence-corrected chi connectivity index (χ0v) is 34.4. The van der Waals surface area contributed by atoms with Crippen molar-refractivity contribution < 1.29 is 41.8 Å². The molecule has 0 spiro atoms. The van der Waals surface area contributed by atoms with Gasteiger partial charge >= 0.3 is 5.97 Å². The predicted octanol–water partition coefficient (Wildman–Crippen LogP) is 4.21. The number of methoxy groups -OCH3 is 1. The smallest absolute Gasteiger partial charge is 0.328 e. The summed E-state index contributed by atoms with van der Waals surface area (Å²) in [5.74, 6) is -2.05. The van der Waals surface area contributed by atoms with Crippen molar-refractivity contribution in [3.63, 3.8) is 0 Å². The molecule has 1 aliphatic rings. The van der Waals surface area contributed by atoms with E-state index in [2.05, 4.69) is 33.5 Å². The number of ether oxygens (including phenoxy) is 3. The van der Waals surface area contributed by atoms with Crippen LogP contribution in [0, 0.1) is 26.7 Å². The highest BCUT2D eigenvalue weighted by atomic mass is 32.2. The number of carbonyl (C=O) groups is 4. The van der Waals surface area contributed by atoms with Gasteiger partial charge in [-0.25, -0.2) is 17.9 Å². The Morgan fingerprint density at radius 2 is 1.70 bits per heavy atom. The van der Waals surface area contributed by atoms with Crippen LogP contribution < -0.4 is 30.6 Å². The minimum Gasteiger partial charge on any atom is -0.490 e. The Kier molecular flexibility index (Phi) is 16.2. The second-order valence-corrected chi connectivity index (χ2v) is 16.2. The van der Waals surface area contributed by atoms with Gasteiger partial charge in [0.15, 0.2) is 5.78 Å². The Balaban J connectivity index is 1.79. The number of aliphatic imine (C=N–C) groups is 1. The third-order valence-corrected chi connectivity index (χ3v) is 11.3. The van der Waals surface area contributed by atoms with Gasteiger partial charge < -0.3 is 30.6 Å². The molecule has 0 bridgehead atoms. The number of nitrogens with two attached hydrogens (primary N) is 1. The Bertz CT molecular complexity index is 1920. The van der Waals surface area contributed by atoms with E-state index in [1.54, 1.807) is 44.2 Å². The summed E-state index contributed by atoms with van der Waals surface area (Å²) in [4.78, 5) is 56.3. The number of sulfonamides is 1. The molecule has 3 rings (SSSR count). The molecule has 2 aromatic carbocycles. The molecular formula is C41H57N5O9S. The van der Waals surface area contributed by atoms with Gasteiger partial charge in [-0.05, 0) is 113 Å². The molecule has 0 fully saturated rings. The highest BCUT2D eigenvalue weighted by molar-refractivity contribution is 7.90. The van der Waals surface area contributed by atoms with E-state index in [0.717, 1.165) is 23.1 Å². The topological polar surface area (TPSA) is 205 Å². The maximum atomic E-state index is 13.8. The molecule has 0 unspecified atom stereocenters. The van der Waals surface area contributed by atoms with Crippen molar-refractivity contribution in [2.24, 2.45) is 16.6 Å². The average molecular weight is 796 g/mol. The maximum absolute atomic E-state index is 13.8. The van der Waals surface area contributed by atoms with E-state index >= 15 is 0 Å². The summed E-state index contributed by atoms with van der Waals surface area (Å²) in [5, 5.41) is 5.36. The highest BCUT2D eigenvalue weighted by Gasteiger charge is 2.34. The number of guanidine groups is 1. The molecule has 1 heterocycles. The summed E-state index contributed by atoms with van der Waals surface area (Å²) in [6.07, 6.45) is 4.79. The summed E-state index contributed by atoms with van der Waals surface area (Å²) >= 11 is 0. The number of benzene rings is 2. The number of nitrogens with one attached hydrogen (secondary N) is 3. The van der Waals surface area contributed by atoms with Crippen LogP contribution >= 0.6 is 0 Å². The van der Waals surface area contributed by atoms with Crippen molar-refractivity contribution in [2.45, 2.75) is 109 Å². The van der Waals surface area contributed by atoms with E-state index in [0.29, 0.717) is 35.7 Å². The van der Waals surface area contributed by atoms with Gasteiger partial charge in [-0.2, -0.15) is 0 Å². The number of hydrogen-bond donors (Lipinski definition) is 4. The number of fused-ring (bicyclic) bond motifs is 1. The van der Waals surface area contributed by atoms with Gasteiger partial charge in [0.2, 0.25) is 17.8 Å². The van der Waals surface area contributed by atoms with Crippen LogP contribution in [0.5, 0.6) is 11.5 Å². The molecule has 0 saturated heterocycles. The van der Waals surface area contributed by atoms with E-state index in [9.17, 15) is 27.6 Å². The van der Waals surface area contributed by atoms with Crippen LogP contribution in [0.15, 0.2) is 59.5 Å². The maximum Gasteiger partial charge on any atom is 0.328 e. The lowest BCUT2D eigenvalue weighted by molar-refractivity contribution is -0.145. The normalized spacial score (nSPS) is 15.2. The zero-order valence-electron chi connectivity index (χ0n) is 33.6. The molecule has 1 aliphatic heterocycles. The van der Waals surface area contributed by atoms with Gasteiger partial charge in [0, 0.05) is 25.8 Å². The Morgan fingerprint density at radius 1 is 1.02 bits per heavy atom. The second-order valence-electron chi connectivity index (χ2n) is 14.6. The molecule has 0 aliphatic carbocycles. The average Bonchev–Trinajstić information content (AvgIpc) is 3.13. The molecule has 2 amide bonds. The number of esters is 1. The van der Waals surface area contributed by atoms with E-state index in [-0.39, 0.29) is 55.1 Å². The lowest BCUT2D eigenvalue weighted by atomic mass is 9.88. The molecule has 0 radical (unpaired) electrons. The zero-order chi connectivity index (χ0) is 41.8. The van der Waals surface area contributed by atoms with Crippen LogP contribution in [0.2, 0.25) is 0 Å². The Labute approximate surface area is 330 Å². The van der Waals surface area contributed by atoms with Gasteiger partial charge in [-0.15, -0.1) is 6.58 Å². The molecule has 15 heteroatoms. The fourth-order valence-electron chi connectivity index (χ4n) is 6.64. The largest absolute Gasteiger partial charge is 0.490 e. The summed E-state index contributed by atoms with van der Waals surface area (Å²) < 4.78 is 46.4. The Hall–Kier alpha value is -5.18.